The van der Waals surface area contributed by atoms with E-state index in [2.05, 4.69) is 15.0 Å². The third-order valence-electron chi connectivity index (χ3n) is 2.81. The van der Waals surface area contributed by atoms with Gasteiger partial charge in [-0.25, -0.2) is 8.42 Å². The van der Waals surface area contributed by atoms with E-state index in [1.807, 2.05) is 19.2 Å². The van der Waals surface area contributed by atoms with Crippen molar-refractivity contribution in [1.82, 2.24) is 10.3 Å². The van der Waals surface area contributed by atoms with Crippen LogP contribution < -0.4 is 10.0 Å². The molecule has 0 saturated heterocycles. The smallest absolute Gasteiger partial charge is 0.261 e. The number of hydrogen-bond acceptors (Lipinski definition) is 4. The molecular weight excluding hydrogens is 274 g/mol. The Labute approximate surface area is 119 Å². The van der Waals surface area contributed by atoms with Gasteiger partial charge >= 0.3 is 0 Å². The van der Waals surface area contributed by atoms with Crippen LogP contribution in [-0.4, -0.2) is 27.0 Å². The molecule has 0 fully saturated rings. The summed E-state index contributed by atoms with van der Waals surface area (Å²) < 4.78 is 26.8. The molecule has 0 aliphatic rings. The van der Waals surface area contributed by atoms with Crippen molar-refractivity contribution >= 4 is 15.7 Å². The molecule has 0 amide bonds. The molecule has 2 rings (SSSR count). The maximum atomic E-state index is 12.2. The van der Waals surface area contributed by atoms with Gasteiger partial charge < -0.3 is 5.32 Å². The first-order chi connectivity index (χ1) is 9.62. The van der Waals surface area contributed by atoms with Gasteiger partial charge in [0.25, 0.3) is 10.0 Å². The molecular formula is C14H17N3O2S. The van der Waals surface area contributed by atoms with Crippen LogP contribution in [0.3, 0.4) is 0 Å². The quantitative estimate of drug-likeness (QED) is 0.849. The molecule has 0 atom stereocenters. The summed E-state index contributed by atoms with van der Waals surface area (Å²) in [6.07, 6.45) is 3.93. The van der Waals surface area contributed by atoms with Crippen LogP contribution in [0.5, 0.6) is 0 Å². The molecule has 5 nitrogen and oxygen atoms in total. The van der Waals surface area contributed by atoms with Gasteiger partial charge in [0.2, 0.25) is 0 Å². The first-order valence-corrected chi connectivity index (χ1v) is 7.76. The average molecular weight is 291 g/mol. The molecule has 0 saturated carbocycles. The minimum Gasteiger partial charge on any atom is -0.319 e. The van der Waals surface area contributed by atoms with Gasteiger partial charge in [-0.05, 0) is 49.8 Å². The van der Waals surface area contributed by atoms with Crippen LogP contribution in [-0.2, 0) is 16.4 Å². The number of nitrogens with one attached hydrogen (secondary N) is 2. The second-order valence-electron chi connectivity index (χ2n) is 4.34. The van der Waals surface area contributed by atoms with E-state index >= 15 is 0 Å². The number of nitrogens with zero attached hydrogens (tertiary/aromatic N) is 1. The van der Waals surface area contributed by atoms with Gasteiger partial charge in [0.15, 0.2) is 0 Å². The van der Waals surface area contributed by atoms with Gasteiger partial charge in [-0.3, -0.25) is 9.71 Å². The van der Waals surface area contributed by atoms with E-state index in [0.717, 1.165) is 18.5 Å². The number of anilines is 1. The van der Waals surface area contributed by atoms with E-state index in [0.29, 0.717) is 5.69 Å². The first-order valence-electron chi connectivity index (χ1n) is 6.28. The summed E-state index contributed by atoms with van der Waals surface area (Å²) in [5, 5.41) is 3.06. The van der Waals surface area contributed by atoms with Gasteiger partial charge in [-0.15, -0.1) is 0 Å². The second-order valence-corrected chi connectivity index (χ2v) is 6.03. The predicted molar refractivity (Wildman–Crippen MR) is 79.1 cm³/mol. The number of hydrogen-bond donors (Lipinski definition) is 2. The van der Waals surface area contributed by atoms with E-state index in [4.69, 9.17) is 0 Å². The van der Waals surface area contributed by atoms with Gasteiger partial charge in [0.05, 0.1) is 16.8 Å². The van der Waals surface area contributed by atoms with Crippen molar-refractivity contribution in [3.63, 3.8) is 0 Å². The average Bonchev–Trinajstić information content (AvgIpc) is 2.46. The molecule has 1 aromatic carbocycles. The topological polar surface area (TPSA) is 71.1 Å². The van der Waals surface area contributed by atoms with Crippen molar-refractivity contribution in [2.45, 2.75) is 11.3 Å². The highest BCUT2D eigenvalue weighted by Crippen LogP contribution is 2.15. The fraction of sp³-hybridized carbons (Fsp3) is 0.214. The second kappa shape index (κ2) is 6.49. The zero-order valence-electron chi connectivity index (χ0n) is 11.2. The van der Waals surface area contributed by atoms with Gasteiger partial charge in [-0.2, -0.15) is 0 Å². The Kier molecular flexibility index (Phi) is 4.70. The molecule has 2 aromatic rings. The van der Waals surface area contributed by atoms with Crippen LogP contribution in [0, 0.1) is 0 Å². The molecule has 0 aliphatic carbocycles. The lowest BCUT2D eigenvalue weighted by atomic mass is 10.1. The van der Waals surface area contributed by atoms with E-state index in [1.165, 1.54) is 6.20 Å². The van der Waals surface area contributed by atoms with Crippen LogP contribution in [0.1, 0.15) is 5.56 Å². The Morgan fingerprint density at radius 3 is 2.50 bits per heavy atom. The number of benzene rings is 1. The molecule has 6 heteroatoms. The van der Waals surface area contributed by atoms with Crippen molar-refractivity contribution in [1.29, 1.82) is 0 Å². The first kappa shape index (κ1) is 14.5. The number of aromatic nitrogens is 1. The van der Waals surface area contributed by atoms with Crippen molar-refractivity contribution in [3.05, 3.63) is 54.4 Å². The Morgan fingerprint density at radius 2 is 1.90 bits per heavy atom. The SMILES string of the molecule is CNCCc1ccc(S(=O)(=O)Nc2cccnc2)cc1. The van der Waals surface area contributed by atoms with Crippen molar-refractivity contribution in [2.24, 2.45) is 0 Å². The largest absolute Gasteiger partial charge is 0.319 e. The van der Waals surface area contributed by atoms with Crippen LogP contribution in [0.15, 0.2) is 53.7 Å². The van der Waals surface area contributed by atoms with Gasteiger partial charge in [-0.1, -0.05) is 12.1 Å². The fourth-order valence-corrected chi connectivity index (χ4v) is 2.79. The fourth-order valence-electron chi connectivity index (χ4n) is 1.74. The highest BCUT2D eigenvalue weighted by Gasteiger charge is 2.13. The molecule has 1 heterocycles. The highest BCUT2D eigenvalue weighted by molar-refractivity contribution is 7.92. The minimum absolute atomic E-state index is 0.245. The van der Waals surface area contributed by atoms with E-state index < -0.39 is 10.0 Å². The molecule has 0 bridgehead atoms. The zero-order valence-corrected chi connectivity index (χ0v) is 12.0. The summed E-state index contributed by atoms with van der Waals surface area (Å²) in [7, 11) is -1.67. The van der Waals surface area contributed by atoms with Crippen LogP contribution >= 0.6 is 0 Å². The number of pyridine rings is 1. The summed E-state index contributed by atoms with van der Waals surface area (Å²) in [4.78, 5) is 4.12. The summed E-state index contributed by atoms with van der Waals surface area (Å²) >= 11 is 0. The molecule has 0 unspecified atom stereocenters. The number of sulfonamides is 1. The molecule has 106 valence electrons. The molecule has 20 heavy (non-hydrogen) atoms. The Balaban J connectivity index is 2.13. The van der Waals surface area contributed by atoms with E-state index in [1.54, 1.807) is 30.5 Å². The maximum Gasteiger partial charge on any atom is 0.261 e. The van der Waals surface area contributed by atoms with E-state index in [-0.39, 0.29) is 4.90 Å². The molecule has 0 radical (unpaired) electrons. The van der Waals surface area contributed by atoms with Crippen LogP contribution in [0.2, 0.25) is 0 Å². The third kappa shape index (κ3) is 3.79. The molecule has 0 aliphatic heterocycles. The van der Waals surface area contributed by atoms with Gasteiger partial charge in [0.1, 0.15) is 0 Å². The predicted octanol–water partition coefficient (Wildman–Crippen LogP) is 1.64. The number of likely N-dealkylation sites (N-methyl/N-ethyl adjacent to an activating group) is 1. The van der Waals surface area contributed by atoms with Crippen LogP contribution in [0.4, 0.5) is 5.69 Å². The Morgan fingerprint density at radius 1 is 1.15 bits per heavy atom. The van der Waals surface area contributed by atoms with Crippen molar-refractivity contribution < 1.29 is 8.42 Å². The third-order valence-corrected chi connectivity index (χ3v) is 4.21. The lowest BCUT2D eigenvalue weighted by Crippen LogP contribution is -2.13. The molecule has 1 aromatic heterocycles. The van der Waals surface area contributed by atoms with Crippen molar-refractivity contribution in [3.8, 4) is 0 Å². The molecule has 0 spiro atoms. The highest BCUT2D eigenvalue weighted by atomic mass is 32.2. The molecule has 2 N–H and O–H groups in total. The summed E-state index contributed by atoms with van der Waals surface area (Å²) in [6.45, 7) is 0.861. The van der Waals surface area contributed by atoms with E-state index in [9.17, 15) is 8.42 Å². The normalized spacial score (nSPS) is 11.2. The standard InChI is InChI=1S/C14H17N3O2S/c1-15-10-8-12-4-6-14(7-5-12)20(18,19)17-13-3-2-9-16-11-13/h2-7,9,11,15,17H,8,10H2,1H3. The monoisotopic (exact) mass is 291 g/mol. The van der Waals surface area contributed by atoms with Crippen molar-refractivity contribution in [2.75, 3.05) is 18.3 Å². The Hall–Kier alpha value is -1.92. The number of rotatable bonds is 6. The van der Waals surface area contributed by atoms with Gasteiger partial charge in [0, 0.05) is 6.20 Å². The zero-order chi connectivity index (χ0) is 14.4. The minimum atomic E-state index is -3.56. The lowest BCUT2D eigenvalue weighted by Gasteiger charge is -2.08. The summed E-state index contributed by atoms with van der Waals surface area (Å²) in [5.74, 6) is 0. The lowest BCUT2D eigenvalue weighted by molar-refractivity contribution is 0.601. The summed E-state index contributed by atoms with van der Waals surface area (Å²) in [5.41, 5.74) is 1.55. The Bertz CT molecular complexity index is 640. The summed E-state index contributed by atoms with van der Waals surface area (Å²) in [6, 6.07) is 10.2. The maximum absolute atomic E-state index is 12.2. The van der Waals surface area contributed by atoms with Crippen LogP contribution in [0.25, 0.3) is 0 Å².